The maximum atomic E-state index is 13.1. The summed E-state index contributed by atoms with van der Waals surface area (Å²) in [6.45, 7) is 1.35. The van der Waals surface area contributed by atoms with Crippen molar-refractivity contribution in [3.63, 3.8) is 0 Å². The molecule has 0 radical (unpaired) electrons. The number of hydrogen-bond acceptors (Lipinski definition) is 4. The molecule has 0 aliphatic carbocycles. The fourth-order valence-corrected chi connectivity index (χ4v) is 6.04. The number of sulfonamides is 1. The lowest BCUT2D eigenvalue weighted by Crippen LogP contribution is -2.35. The predicted molar refractivity (Wildman–Crippen MR) is 129 cm³/mol. The smallest absolute Gasteiger partial charge is 0.253 e. The highest BCUT2D eigenvalue weighted by Crippen LogP contribution is 2.27. The Morgan fingerprint density at radius 3 is 2.55 bits per heavy atom. The molecular formula is C26H25N3O3S. The van der Waals surface area contributed by atoms with Crippen LogP contribution in [0.2, 0.25) is 0 Å². The van der Waals surface area contributed by atoms with Crippen LogP contribution in [0.1, 0.15) is 35.2 Å². The van der Waals surface area contributed by atoms with E-state index in [-0.39, 0.29) is 17.3 Å². The molecule has 1 N–H and O–H groups in total. The van der Waals surface area contributed by atoms with Crippen molar-refractivity contribution in [1.82, 2.24) is 14.6 Å². The molecule has 1 aliphatic heterocycles. The SMILES string of the molecule is O=C(NCc1cccc(S(=O)(=O)N2CCCCC2)c1)c1cc2ccccc2c2cccnc12. The quantitative estimate of drug-likeness (QED) is 0.446. The average molecular weight is 460 g/mol. The summed E-state index contributed by atoms with van der Waals surface area (Å²) in [4.78, 5) is 17.9. The molecule has 0 atom stereocenters. The number of benzene rings is 3. The van der Waals surface area contributed by atoms with Gasteiger partial charge in [0.2, 0.25) is 10.0 Å². The van der Waals surface area contributed by atoms with Crippen LogP contribution in [-0.4, -0.2) is 36.7 Å². The van der Waals surface area contributed by atoms with Crippen LogP contribution in [0.5, 0.6) is 0 Å². The first-order chi connectivity index (χ1) is 16.0. The minimum Gasteiger partial charge on any atom is -0.348 e. The maximum Gasteiger partial charge on any atom is 0.253 e. The van der Waals surface area contributed by atoms with Crippen molar-refractivity contribution in [3.8, 4) is 0 Å². The molecule has 7 heteroatoms. The van der Waals surface area contributed by atoms with Crippen molar-refractivity contribution in [3.05, 3.63) is 84.1 Å². The standard InChI is InChI=1S/C26H25N3O3S/c30-26(24-17-20-9-2-3-11-22(20)23-12-7-13-27-25(23)24)28-18-19-8-6-10-21(16-19)33(31,32)29-14-4-1-5-15-29/h2-3,6-13,16-17H,1,4-5,14-15,18H2,(H,28,30). The largest absolute Gasteiger partial charge is 0.348 e. The molecule has 6 nitrogen and oxygen atoms in total. The van der Waals surface area contributed by atoms with Gasteiger partial charge in [-0.1, -0.05) is 48.9 Å². The van der Waals surface area contributed by atoms with Crippen LogP contribution in [0.3, 0.4) is 0 Å². The van der Waals surface area contributed by atoms with E-state index in [4.69, 9.17) is 0 Å². The van der Waals surface area contributed by atoms with E-state index < -0.39 is 10.0 Å². The first kappa shape index (κ1) is 21.6. The van der Waals surface area contributed by atoms with Crippen molar-refractivity contribution in [2.75, 3.05) is 13.1 Å². The summed E-state index contributed by atoms with van der Waals surface area (Å²) in [7, 11) is -3.52. The van der Waals surface area contributed by atoms with Gasteiger partial charge in [-0.2, -0.15) is 4.31 Å². The van der Waals surface area contributed by atoms with Gasteiger partial charge in [-0.15, -0.1) is 0 Å². The molecular weight excluding hydrogens is 434 g/mol. The van der Waals surface area contributed by atoms with Crippen LogP contribution < -0.4 is 5.32 Å². The second kappa shape index (κ2) is 8.92. The fraction of sp³-hybridized carbons (Fsp3) is 0.231. The highest BCUT2D eigenvalue weighted by atomic mass is 32.2. The number of piperidine rings is 1. The molecule has 4 aromatic rings. The van der Waals surface area contributed by atoms with Gasteiger partial charge >= 0.3 is 0 Å². The molecule has 168 valence electrons. The van der Waals surface area contributed by atoms with Crippen molar-refractivity contribution >= 4 is 37.6 Å². The summed E-state index contributed by atoms with van der Waals surface area (Å²) < 4.78 is 27.6. The van der Waals surface area contributed by atoms with Gasteiger partial charge in [-0.3, -0.25) is 9.78 Å². The molecule has 5 rings (SSSR count). The summed E-state index contributed by atoms with van der Waals surface area (Å²) in [6, 6.07) is 20.4. The van der Waals surface area contributed by atoms with Crippen LogP contribution in [0.25, 0.3) is 21.7 Å². The van der Waals surface area contributed by atoms with E-state index in [9.17, 15) is 13.2 Å². The Bertz CT molecular complexity index is 1440. The summed E-state index contributed by atoms with van der Waals surface area (Å²) in [5.74, 6) is -0.242. The van der Waals surface area contributed by atoms with Crippen LogP contribution in [0, 0.1) is 0 Å². The average Bonchev–Trinajstić information content (AvgIpc) is 2.87. The molecule has 1 aromatic heterocycles. The molecule has 1 amide bonds. The van der Waals surface area contributed by atoms with Crippen molar-refractivity contribution in [2.24, 2.45) is 0 Å². The third kappa shape index (κ3) is 4.21. The first-order valence-electron chi connectivity index (χ1n) is 11.2. The second-order valence-corrected chi connectivity index (χ2v) is 10.3. The maximum absolute atomic E-state index is 13.1. The minimum absolute atomic E-state index is 0.226. The Labute approximate surface area is 193 Å². The number of nitrogens with zero attached hydrogens (tertiary/aromatic N) is 2. The van der Waals surface area contributed by atoms with Gasteiger partial charge in [0.1, 0.15) is 0 Å². The van der Waals surface area contributed by atoms with E-state index in [1.165, 1.54) is 0 Å². The number of carbonyl (C=O) groups is 1. The summed E-state index contributed by atoms with van der Waals surface area (Å²) in [5.41, 5.74) is 1.89. The van der Waals surface area contributed by atoms with Crippen LogP contribution in [0.15, 0.2) is 77.8 Å². The van der Waals surface area contributed by atoms with Gasteiger partial charge in [0, 0.05) is 31.2 Å². The van der Waals surface area contributed by atoms with Gasteiger partial charge in [0.05, 0.1) is 16.0 Å². The number of aromatic nitrogens is 1. The molecule has 0 bridgehead atoms. The fourth-order valence-electron chi connectivity index (χ4n) is 4.45. The lowest BCUT2D eigenvalue weighted by atomic mass is 10.0. The van der Waals surface area contributed by atoms with Gasteiger partial charge in [-0.05, 0) is 53.4 Å². The topological polar surface area (TPSA) is 79.4 Å². The van der Waals surface area contributed by atoms with E-state index in [1.54, 1.807) is 28.7 Å². The lowest BCUT2D eigenvalue weighted by Gasteiger charge is -2.26. The molecule has 0 spiro atoms. The molecule has 33 heavy (non-hydrogen) atoms. The highest BCUT2D eigenvalue weighted by molar-refractivity contribution is 7.89. The zero-order valence-corrected chi connectivity index (χ0v) is 19.0. The second-order valence-electron chi connectivity index (χ2n) is 8.34. The van der Waals surface area contributed by atoms with Crippen molar-refractivity contribution in [2.45, 2.75) is 30.7 Å². The molecule has 1 fully saturated rings. The zero-order chi connectivity index (χ0) is 22.8. The van der Waals surface area contributed by atoms with Crippen molar-refractivity contribution < 1.29 is 13.2 Å². The van der Waals surface area contributed by atoms with Gasteiger partial charge in [0.15, 0.2) is 0 Å². The lowest BCUT2D eigenvalue weighted by molar-refractivity contribution is 0.0952. The third-order valence-electron chi connectivity index (χ3n) is 6.16. The number of rotatable bonds is 5. The number of pyridine rings is 1. The number of carbonyl (C=O) groups excluding carboxylic acids is 1. The van der Waals surface area contributed by atoms with E-state index in [1.807, 2.05) is 48.5 Å². The number of nitrogens with one attached hydrogen (secondary N) is 1. The normalized spacial score (nSPS) is 15.0. The van der Waals surface area contributed by atoms with E-state index in [2.05, 4.69) is 10.3 Å². The molecule has 1 saturated heterocycles. The molecule has 2 heterocycles. The van der Waals surface area contributed by atoms with Gasteiger partial charge in [0.25, 0.3) is 5.91 Å². The monoisotopic (exact) mass is 459 g/mol. The number of amides is 1. The molecule has 0 unspecified atom stereocenters. The van der Waals surface area contributed by atoms with E-state index in [0.717, 1.165) is 41.0 Å². The Hall–Kier alpha value is -3.29. The van der Waals surface area contributed by atoms with E-state index >= 15 is 0 Å². The molecule has 1 aliphatic rings. The Morgan fingerprint density at radius 2 is 1.70 bits per heavy atom. The van der Waals surface area contributed by atoms with Crippen LogP contribution in [0.4, 0.5) is 0 Å². The van der Waals surface area contributed by atoms with Crippen molar-refractivity contribution in [1.29, 1.82) is 0 Å². The highest BCUT2D eigenvalue weighted by Gasteiger charge is 2.26. The molecule has 0 saturated carbocycles. The number of fused-ring (bicyclic) bond motifs is 3. The Balaban J connectivity index is 1.40. The number of hydrogen-bond donors (Lipinski definition) is 1. The zero-order valence-electron chi connectivity index (χ0n) is 18.2. The third-order valence-corrected chi connectivity index (χ3v) is 8.06. The summed E-state index contributed by atoms with van der Waals surface area (Å²) in [6.07, 6.45) is 4.53. The van der Waals surface area contributed by atoms with Crippen LogP contribution >= 0.6 is 0 Å². The Morgan fingerprint density at radius 1 is 0.909 bits per heavy atom. The molecule has 3 aromatic carbocycles. The van der Waals surface area contributed by atoms with Crippen LogP contribution in [-0.2, 0) is 16.6 Å². The van der Waals surface area contributed by atoms with Gasteiger partial charge < -0.3 is 5.32 Å². The van der Waals surface area contributed by atoms with E-state index in [0.29, 0.717) is 24.2 Å². The predicted octanol–water partition coefficient (Wildman–Crippen LogP) is 4.49. The Kier molecular flexibility index (Phi) is 5.83. The summed E-state index contributed by atoms with van der Waals surface area (Å²) in [5, 5.41) is 5.89. The summed E-state index contributed by atoms with van der Waals surface area (Å²) >= 11 is 0. The first-order valence-corrected chi connectivity index (χ1v) is 12.6. The minimum atomic E-state index is -3.52. The van der Waals surface area contributed by atoms with Gasteiger partial charge in [-0.25, -0.2) is 8.42 Å².